The lowest BCUT2D eigenvalue weighted by Gasteiger charge is -2.30. The number of ether oxygens (including phenoxy) is 3. The average Bonchev–Trinajstić information content (AvgIpc) is 2.75. The van der Waals surface area contributed by atoms with Crippen LogP contribution in [-0.4, -0.2) is 19.4 Å². The van der Waals surface area contributed by atoms with Crippen molar-refractivity contribution in [1.29, 1.82) is 0 Å². The maximum atomic E-state index is 14.2. The molecule has 0 N–H and O–H groups in total. The number of alkyl halides is 4. The minimum Gasteiger partial charge on any atom is -0.491 e. The van der Waals surface area contributed by atoms with Crippen molar-refractivity contribution in [3.8, 4) is 17.2 Å². The van der Waals surface area contributed by atoms with Gasteiger partial charge in [-0.2, -0.15) is 13.2 Å². The number of hydrogen-bond donors (Lipinski definition) is 0. The molecule has 0 spiro atoms. The quantitative estimate of drug-likeness (QED) is 0.245. The van der Waals surface area contributed by atoms with Gasteiger partial charge in [0.05, 0.1) is 19.8 Å². The SMILES string of the molecule is CCOc1ccc(C(Cl)(COCc2cccc(Oc3ccccc3)c2)C(F)(F)F)cc1F. The summed E-state index contributed by atoms with van der Waals surface area (Å²) in [6.45, 7) is 0.769. The Bertz CT molecular complexity index is 1030. The van der Waals surface area contributed by atoms with Gasteiger partial charge in [0.1, 0.15) is 11.5 Å². The minimum atomic E-state index is -4.88. The predicted molar refractivity (Wildman–Crippen MR) is 114 cm³/mol. The van der Waals surface area contributed by atoms with E-state index in [1.807, 2.05) is 18.2 Å². The van der Waals surface area contributed by atoms with Gasteiger partial charge in [0.25, 0.3) is 0 Å². The minimum absolute atomic E-state index is 0.143. The van der Waals surface area contributed by atoms with Crippen molar-refractivity contribution >= 4 is 11.6 Å². The van der Waals surface area contributed by atoms with Gasteiger partial charge in [-0.15, -0.1) is 11.6 Å². The van der Waals surface area contributed by atoms with Crippen LogP contribution < -0.4 is 9.47 Å². The Hall–Kier alpha value is -2.77. The third-order valence-corrected chi connectivity index (χ3v) is 5.13. The van der Waals surface area contributed by atoms with E-state index in [9.17, 15) is 17.6 Å². The van der Waals surface area contributed by atoms with E-state index in [0.717, 1.165) is 18.2 Å². The van der Waals surface area contributed by atoms with Crippen LogP contribution in [0.1, 0.15) is 18.1 Å². The molecule has 3 rings (SSSR count). The lowest BCUT2D eigenvalue weighted by atomic mass is 9.98. The summed E-state index contributed by atoms with van der Waals surface area (Å²) in [6.07, 6.45) is -4.88. The molecule has 3 aromatic carbocycles. The lowest BCUT2D eigenvalue weighted by Crippen LogP contribution is -2.41. The van der Waals surface area contributed by atoms with Crippen LogP contribution in [0, 0.1) is 5.82 Å². The fraction of sp³-hybridized carbons (Fsp3) is 0.250. The van der Waals surface area contributed by atoms with Gasteiger partial charge in [0.2, 0.25) is 0 Å². The lowest BCUT2D eigenvalue weighted by molar-refractivity contribution is -0.179. The van der Waals surface area contributed by atoms with Gasteiger partial charge in [0.15, 0.2) is 16.4 Å². The zero-order chi connectivity index (χ0) is 23.2. The molecule has 0 fully saturated rings. The molecule has 1 atom stereocenters. The van der Waals surface area contributed by atoms with Crippen molar-refractivity contribution in [3.63, 3.8) is 0 Å². The summed E-state index contributed by atoms with van der Waals surface area (Å²) in [4.78, 5) is -2.92. The van der Waals surface area contributed by atoms with E-state index in [0.29, 0.717) is 17.1 Å². The number of benzene rings is 3. The van der Waals surface area contributed by atoms with Gasteiger partial charge in [0, 0.05) is 0 Å². The zero-order valence-electron chi connectivity index (χ0n) is 17.2. The molecule has 0 aromatic heterocycles. The second-order valence-corrected chi connectivity index (χ2v) is 7.58. The summed E-state index contributed by atoms with van der Waals surface area (Å²) in [7, 11) is 0. The monoisotopic (exact) mass is 468 g/mol. The van der Waals surface area contributed by atoms with Crippen LogP contribution in [0.15, 0.2) is 72.8 Å². The van der Waals surface area contributed by atoms with Crippen LogP contribution in [0.25, 0.3) is 0 Å². The van der Waals surface area contributed by atoms with Crippen LogP contribution in [0.4, 0.5) is 17.6 Å². The van der Waals surface area contributed by atoms with E-state index in [2.05, 4.69) is 0 Å². The topological polar surface area (TPSA) is 27.7 Å². The molecule has 0 aliphatic rings. The summed E-state index contributed by atoms with van der Waals surface area (Å²) in [6, 6.07) is 18.8. The smallest absolute Gasteiger partial charge is 0.413 e. The van der Waals surface area contributed by atoms with Crippen molar-refractivity contribution in [2.45, 2.75) is 24.6 Å². The molecule has 8 heteroatoms. The Kier molecular flexibility index (Phi) is 7.64. The normalized spacial score (nSPS) is 13.4. The molecule has 0 heterocycles. The van der Waals surface area contributed by atoms with Crippen molar-refractivity contribution < 1.29 is 31.8 Å². The first kappa shape index (κ1) is 23.9. The van der Waals surface area contributed by atoms with Crippen molar-refractivity contribution in [3.05, 3.63) is 89.7 Å². The fourth-order valence-corrected chi connectivity index (χ4v) is 3.18. The molecule has 1 unspecified atom stereocenters. The first-order chi connectivity index (χ1) is 15.2. The van der Waals surface area contributed by atoms with Crippen LogP contribution in [0.2, 0.25) is 0 Å². The molecule has 0 amide bonds. The molecule has 0 aliphatic carbocycles. The van der Waals surface area contributed by atoms with Crippen LogP contribution in [0.5, 0.6) is 17.2 Å². The van der Waals surface area contributed by atoms with E-state index in [-0.39, 0.29) is 19.0 Å². The average molecular weight is 469 g/mol. The van der Waals surface area contributed by atoms with Crippen LogP contribution >= 0.6 is 11.6 Å². The maximum absolute atomic E-state index is 14.2. The second kappa shape index (κ2) is 10.2. The predicted octanol–water partition coefficient (Wildman–Crippen LogP) is 7.23. The Morgan fingerprint density at radius 2 is 1.59 bits per heavy atom. The Morgan fingerprint density at radius 1 is 0.875 bits per heavy atom. The van der Waals surface area contributed by atoms with Crippen molar-refractivity contribution in [2.24, 2.45) is 0 Å². The highest BCUT2D eigenvalue weighted by Crippen LogP contribution is 2.46. The standard InChI is InChI=1S/C24H21ClF4O3/c1-2-31-22-12-11-18(14-21(22)26)23(25,24(27,28)29)16-30-15-17-7-6-10-20(13-17)32-19-8-4-3-5-9-19/h3-14H,2,15-16H2,1H3. The number of para-hydroxylation sites is 1. The number of halogens is 5. The first-order valence-corrected chi connectivity index (χ1v) is 10.2. The molecular formula is C24H21ClF4O3. The van der Waals surface area contributed by atoms with E-state index < -0.39 is 29.0 Å². The zero-order valence-corrected chi connectivity index (χ0v) is 17.9. The van der Waals surface area contributed by atoms with Gasteiger partial charge < -0.3 is 14.2 Å². The highest BCUT2D eigenvalue weighted by atomic mass is 35.5. The maximum Gasteiger partial charge on any atom is 0.413 e. The van der Waals surface area contributed by atoms with Crippen LogP contribution in [-0.2, 0) is 16.2 Å². The summed E-state index contributed by atoms with van der Waals surface area (Å²) in [5.41, 5.74) is 0.131. The summed E-state index contributed by atoms with van der Waals surface area (Å²) in [5.74, 6) is 0.0664. The fourth-order valence-electron chi connectivity index (χ4n) is 2.98. The molecule has 32 heavy (non-hydrogen) atoms. The van der Waals surface area contributed by atoms with E-state index >= 15 is 0 Å². The largest absolute Gasteiger partial charge is 0.491 e. The third kappa shape index (κ3) is 5.72. The summed E-state index contributed by atoms with van der Waals surface area (Å²) < 4.78 is 71.7. The molecule has 0 saturated carbocycles. The second-order valence-electron chi connectivity index (χ2n) is 6.93. The number of hydrogen-bond acceptors (Lipinski definition) is 3. The molecule has 3 nitrogen and oxygen atoms in total. The van der Waals surface area contributed by atoms with Gasteiger partial charge in [-0.05, 0) is 54.4 Å². The van der Waals surface area contributed by atoms with Gasteiger partial charge in [-0.1, -0.05) is 36.4 Å². The molecule has 3 aromatic rings. The van der Waals surface area contributed by atoms with Gasteiger partial charge >= 0.3 is 6.18 Å². The summed E-state index contributed by atoms with van der Waals surface area (Å²) in [5, 5.41) is 0. The number of rotatable bonds is 9. The molecule has 0 aliphatic heterocycles. The van der Waals surface area contributed by atoms with Gasteiger partial charge in [-0.25, -0.2) is 4.39 Å². The van der Waals surface area contributed by atoms with E-state index in [1.165, 1.54) is 0 Å². The van der Waals surface area contributed by atoms with Crippen molar-refractivity contribution in [2.75, 3.05) is 13.2 Å². The van der Waals surface area contributed by atoms with E-state index in [4.69, 9.17) is 25.8 Å². The Balaban J connectivity index is 1.71. The Labute approximate surface area is 188 Å². The third-order valence-electron chi connectivity index (χ3n) is 4.59. The highest BCUT2D eigenvalue weighted by molar-refractivity contribution is 6.24. The summed E-state index contributed by atoms with van der Waals surface area (Å²) >= 11 is 5.96. The first-order valence-electron chi connectivity index (χ1n) is 9.81. The molecule has 0 bridgehead atoms. The van der Waals surface area contributed by atoms with Crippen LogP contribution in [0.3, 0.4) is 0 Å². The van der Waals surface area contributed by atoms with Gasteiger partial charge in [-0.3, -0.25) is 0 Å². The molecular weight excluding hydrogens is 448 g/mol. The molecule has 0 radical (unpaired) electrons. The Morgan fingerprint density at radius 3 is 2.25 bits per heavy atom. The van der Waals surface area contributed by atoms with Crippen molar-refractivity contribution in [1.82, 2.24) is 0 Å². The molecule has 170 valence electrons. The van der Waals surface area contributed by atoms with E-state index in [1.54, 1.807) is 43.3 Å². The highest BCUT2D eigenvalue weighted by Gasteiger charge is 2.55. The molecule has 0 saturated heterocycles.